The molecule has 0 aliphatic heterocycles. The van der Waals surface area contributed by atoms with Crippen LogP contribution in [0.3, 0.4) is 0 Å². The molecule has 86 valence electrons. The largest absolute Gasteiger partial charge is 0.399 e. The molecule has 0 unspecified atom stereocenters. The van der Waals surface area contributed by atoms with E-state index in [9.17, 15) is 4.39 Å². The maximum atomic E-state index is 14.1. The molecule has 1 aromatic rings. The molecule has 2 heteroatoms. The van der Waals surface area contributed by atoms with E-state index in [1.807, 2.05) is 12.1 Å². The van der Waals surface area contributed by atoms with Crippen molar-refractivity contribution >= 4 is 5.69 Å². The van der Waals surface area contributed by atoms with Crippen LogP contribution in [0, 0.1) is 0 Å². The summed E-state index contributed by atoms with van der Waals surface area (Å²) in [4.78, 5) is 0. The third kappa shape index (κ3) is 1.43. The molecule has 2 N–H and O–H groups in total. The average Bonchev–Trinajstić information content (AvgIpc) is 2.31. The van der Waals surface area contributed by atoms with Crippen molar-refractivity contribution in [1.82, 2.24) is 0 Å². The van der Waals surface area contributed by atoms with E-state index in [1.54, 1.807) is 0 Å². The maximum absolute atomic E-state index is 14.1. The molecular formula is C14H18FN. The van der Waals surface area contributed by atoms with Crippen molar-refractivity contribution in [3.63, 3.8) is 0 Å². The molecule has 0 radical (unpaired) electrons. The maximum Gasteiger partial charge on any atom is 0.111 e. The third-order valence-corrected chi connectivity index (χ3v) is 4.68. The molecule has 4 rings (SSSR count). The number of rotatable bonds is 1. The van der Waals surface area contributed by atoms with Crippen LogP contribution in [0.15, 0.2) is 24.3 Å². The van der Waals surface area contributed by atoms with Crippen LogP contribution in [-0.4, -0.2) is 5.67 Å². The van der Waals surface area contributed by atoms with E-state index in [1.165, 1.54) is 5.56 Å². The SMILES string of the molecule is Nc1ccc(C23CCC(F)(CC2)CC3)cc1. The van der Waals surface area contributed by atoms with Gasteiger partial charge in [-0.2, -0.15) is 0 Å². The number of fused-ring (bicyclic) bond motifs is 3. The van der Waals surface area contributed by atoms with Gasteiger partial charge in [0.15, 0.2) is 0 Å². The molecule has 0 heterocycles. The number of anilines is 1. The van der Waals surface area contributed by atoms with Gasteiger partial charge in [0.1, 0.15) is 5.67 Å². The first-order chi connectivity index (χ1) is 7.62. The number of alkyl halides is 1. The Morgan fingerprint density at radius 1 is 0.875 bits per heavy atom. The van der Waals surface area contributed by atoms with Crippen molar-refractivity contribution in [2.75, 3.05) is 5.73 Å². The Hall–Kier alpha value is -1.05. The Morgan fingerprint density at radius 2 is 1.38 bits per heavy atom. The lowest BCUT2D eigenvalue weighted by molar-refractivity contribution is 0.00352. The first kappa shape index (κ1) is 10.1. The van der Waals surface area contributed by atoms with Crippen LogP contribution in [0.1, 0.15) is 44.1 Å². The van der Waals surface area contributed by atoms with Crippen molar-refractivity contribution in [1.29, 1.82) is 0 Å². The second-order valence-electron chi connectivity index (χ2n) is 5.55. The number of nitrogen functional groups attached to an aromatic ring is 1. The first-order valence-electron chi connectivity index (χ1n) is 6.17. The van der Waals surface area contributed by atoms with E-state index in [0.717, 1.165) is 44.2 Å². The Kier molecular flexibility index (Phi) is 2.04. The summed E-state index contributed by atoms with van der Waals surface area (Å²) in [5, 5.41) is 0. The second kappa shape index (κ2) is 3.22. The van der Waals surface area contributed by atoms with Gasteiger partial charge in [0.25, 0.3) is 0 Å². The molecule has 0 atom stereocenters. The Bertz CT molecular complexity index is 371. The number of hydrogen-bond donors (Lipinski definition) is 1. The zero-order valence-electron chi connectivity index (χ0n) is 9.51. The predicted octanol–water partition coefficient (Wildman–Crippen LogP) is 3.58. The van der Waals surface area contributed by atoms with Gasteiger partial charge in [-0.1, -0.05) is 12.1 Å². The van der Waals surface area contributed by atoms with E-state index < -0.39 is 5.67 Å². The summed E-state index contributed by atoms with van der Waals surface area (Å²) in [5.41, 5.74) is 7.30. The number of benzene rings is 1. The summed E-state index contributed by atoms with van der Waals surface area (Å²) in [5.74, 6) is 0. The van der Waals surface area contributed by atoms with Crippen LogP contribution in [0.2, 0.25) is 0 Å². The Labute approximate surface area is 95.8 Å². The summed E-state index contributed by atoms with van der Waals surface area (Å²) >= 11 is 0. The van der Waals surface area contributed by atoms with Gasteiger partial charge >= 0.3 is 0 Å². The fourth-order valence-corrected chi connectivity index (χ4v) is 3.41. The molecule has 16 heavy (non-hydrogen) atoms. The summed E-state index contributed by atoms with van der Waals surface area (Å²) in [6.45, 7) is 0. The van der Waals surface area contributed by atoms with Crippen molar-refractivity contribution in [3.8, 4) is 0 Å². The van der Waals surface area contributed by atoms with Gasteiger partial charge in [0.2, 0.25) is 0 Å². The zero-order chi connectivity index (χ0) is 11.2. The lowest BCUT2D eigenvalue weighted by atomic mass is 9.57. The highest BCUT2D eigenvalue weighted by atomic mass is 19.1. The van der Waals surface area contributed by atoms with Crippen molar-refractivity contribution in [3.05, 3.63) is 29.8 Å². The standard InChI is InChI=1S/C14H18FN/c15-14-8-5-13(6-9-14,7-10-14)11-1-3-12(16)4-2-11/h1-4H,5-10,16H2. The van der Waals surface area contributed by atoms with Crippen molar-refractivity contribution < 1.29 is 4.39 Å². The first-order valence-corrected chi connectivity index (χ1v) is 6.17. The number of hydrogen-bond acceptors (Lipinski definition) is 1. The minimum atomic E-state index is -0.838. The minimum absolute atomic E-state index is 0.252. The molecule has 3 saturated carbocycles. The van der Waals surface area contributed by atoms with E-state index in [2.05, 4.69) is 12.1 Å². The van der Waals surface area contributed by atoms with E-state index in [4.69, 9.17) is 5.73 Å². The monoisotopic (exact) mass is 219 g/mol. The molecule has 0 spiro atoms. The van der Waals surface area contributed by atoms with Crippen LogP contribution in [0.4, 0.5) is 10.1 Å². The van der Waals surface area contributed by atoms with Crippen molar-refractivity contribution in [2.45, 2.75) is 49.6 Å². The highest BCUT2D eigenvalue weighted by Gasteiger charge is 2.49. The summed E-state index contributed by atoms with van der Waals surface area (Å²) in [6.07, 6.45) is 5.26. The molecule has 1 nitrogen and oxygen atoms in total. The van der Waals surface area contributed by atoms with Crippen LogP contribution in [0.5, 0.6) is 0 Å². The number of halogens is 1. The van der Waals surface area contributed by atoms with E-state index >= 15 is 0 Å². The topological polar surface area (TPSA) is 26.0 Å². The normalized spacial score (nSPS) is 37.6. The van der Waals surface area contributed by atoms with Gasteiger partial charge in [-0.05, 0) is 61.6 Å². The lowest BCUT2D eigenvalue weighted by Gasteiger charge is -2.50. The Morgan fingerprint density at radius 3 is 1.88 bits per heavy atom. The summed E-state index contributed by atoms with van der Waals surface area (Å²) in [6, 6.07) is 8.20. The Balaban J connectivity index is 1.92. The molecule has 1 aromatic carbocycles. The molecule has 3 fully saturated rings. The quantitative estimate of drug-likeness (QED) is 0.718. The average molecular weight is 219 g/mol. The molecule has 3 aliphatic carbocycles. The van der Waals surface area contributed by atoms with E-state index in [0.29, 0.717) is 0 Å². The lowest BCUT2D eigenvalue weighted by Crippen LogP contribution is -2.45. The van der Waals surface area contributed by atoms with Gasteiger partial charge in [-0.3, -0.25) is 0 Å². The van der Waals surface area contributed by atoms with Gasteiger partial charge < -0.3 is 5.73 Å². The zero-order valence-corrected chi connectivity index (χ0v) is 9.51. The molecule has 3 aliphatic rings. The van der Waals surface area contributed by atoms with Gasteiger partial charge in [0, 0.05) is 5.69 Å². The third-order valence-electron chi connectivity index (χ3n) is 4.68. The van der Waals surface area contributed by atoms with Gasteiger partial charge in [-0.25, -0.2) is 4.39 Å². The fraction of sp³-hybridized carbons (Fsp3) is 0.571. The summed E-state index contributed by atoms with van der Waals surface area (Å²) < 4.78 is 14.1. The smallest absolute Gasteiger partial charge is 0.111 e. The molecule has 0 aromatic heterocycles. The highest BCUT2D eigenvalue weighted by Crippen LogP contribution is 2.55. The molecule has 0 amide bonds. The van der Waals surface area contributed by atoms with Gasteiger partial charge in [0.05, 0.1) is 0 Å². The van der Waals surface area contributed by atoms with Crippen LogP contribution in [-0.2, 0) is 5.41 Å². The van der Waals surface area contributed by atoms with Crippen LogP contribution in [0.25, 0.3) is 0 Å². The summed E-state index contributed by atoms with van der Waals surface area (Å²) in [7, 11) is 0. The van der Waals surface area contributed by atoms with E-state index in [-0.39, 0.29) is 5.41 Å². The molecule has 2 bridgehead atoms. The van der Waals surface area contributed by atoms with Crippen LogP contribution < -0.4 is 5.73 Å². The molecule has 0 saturated heterocycles. The van der Waals surface area contributed by atoms with Gasteiger partial charge in [-0.15, -0.1) is 0 Å². The molecular weight excluding hydrogens is 201 g/mol. The predicted molar refractivity (Wildman–Crippen MR) is 64.1 cm³/mol. The van der Waals surface area contributed by atoms with Crippen LogP contribution >= 0.6 is 0 Å². The fourth-order valence-electron chi connectivity index (χ4n) is 3.41. The minimum Gasteiger partial charge on any atom is -0.399 e. The van der Waals surface area contributed by atoms with Crippen molar-refractivity contribution in [2.24, 2.45) is 0 Å². The highest BCUT2D eigenvalue weighted by molar-refractivity contribution is 5.42. The number of nitrogens with two attached hydrogens (primary N) is 1. The second-order valence-corrected chi connectivity index (χ2v) is 5.55.